The third-order valence-corrected chi connectivity index (χ3v) is 3.41. The van der Waals surface area contributed by atoms with Crippen molar-refractivity contribution in [2.24, 2.45) is 5.73 Å². The summed E-state index contributed by atoms with van der Waals surface area (Å²) in [5.41, 5.74) is 8.89. The number of carbonyl (C=O) groups is 1. The molecule has 0 saturated heterocycles. The van der Waals surface area contributed by atoms with E-state index in [1.807, 2.05) is 25.1 Å². The molecule has 9 heteroatoms. The Balaban J connectivity index is 0. The number of hydrogen-bond donors (Lipinski definition) is 3. The largest absolute Gasteiger partial charge is 0.412 e. The number of pyridine rings is 1. The molecular weight excluding hydrogens is 367 g/mol. The van der Waals surface area contributed by atoms with Crippen LogP contribution in [0.1, 0.15) is 28.9 Å². The Hall–Kier alpha value is -2.16. The van der Waals surface area contributed by atoms with Crippen molar-refractivity contribution < 1.29 is 15.7 Å². The molecule has 0 unspecified atom stereocenters. The Morgan fingerprint density at radius 1 is 1.12 bits per heavy atom. The maximum absolute atomic E-state index is 12.3. The molecule has 0 fully saturated rings. The fourth-order valence-corrected chi connectivity index (χ4v) is 2.20. The van der Waals surface area contributed by atoms with Crippen LogP contribution in [0.3, 0.4) is 0 Å². The van der Waals surface area contributed by atoms with Crippen LogP contribution in [0, 0.1) is 0 Å². The zero-order valence-electron chi connectivity index (χ0n) is 13.4. The van der Waals surface area contributed by atoms with Gasteiger partial charge in [0, 0.05) is 29.4 Å². The van der Waals surface area contributed by atoms with Crippen molar-refractivity contribution in [3.8, 4) is 0 Å². The molecule has 1 aromatic carbocycles. The summed E-state index contributed by atoms with van der Waals surface area (Å²) in [4.78, 5) is 19.5. The van der Waals surface area contributed by atoms with Gasteiger partial charge in [0.1, 0.15) is 5.65 Å². The van der Waals surface area contributed by atoms with E-state index in [1.165, 1.54) is 0 Å². The number of aromatic nitrogens is 2. The van der Waals surface area contributed by atoms with E-state index in [2.05, 4.69) is 15.3 Å². The summed E-state index contributed by atoms with van der Waals surface area (Å²) in [7, 11) is 0. The lowest BCUT2D eigenvalue weighted by Crippen LogP contribution is -2.12. The van der Waals surface area contributed by atoms with E-state index in [0.717, 1.165) is 22.3 Å². The van der Waals surface area contributed by atoms with E-state index in [1.54, 1.807) is 30.6 Å². The monoisotopic (exact) mass is 388 g/mol. The highest BCUT2D eigenvalue weighted by atomic mass is 35.5. The molecule has 0 radical (unpaired) electrons. The van der Waals surface area contributed by atoms with Crippen molar-refractivity contribution in [3.05, 3.63) is 59.9 Å². The summed E-state index contributed by atoms with van der Waals surface area (Å²) in [6.45, 7) is 1.91. The van der Waals surface area contributed by atoms with E-state index in [4.69, 9.17) is 5.73 Å². The van der Waals surface area contributed by atoms with Gasteiger partial charge in [-0.05, 0) is 36.8 Å². The second-order valence-corrected chi connectivity index (χ2v) is 4.96. The molecule has 0 bridgehead atoms. The van der Waals surface area contributed by atoms with Gasteiger partial charge in [-0.3, -0.25) is 4.79 Å². The van der Waals surface area contributed by atoms with Gasteiger partial charge in [0.15, 0.2) is 0 Å². The lowest BCUT2D eigenvalue weighted by Gasteiger charge is -2.08. The molecule has 0 aliphatic carbocycles. The van der Waals surface area contributed by atoms with Crippen molar-refractivity contribution in [2.75, 3.05) is 5.32 Å². The molecule has 2 aromatic heterocycles. The number of halogens is 2. The summed E-state index contributed by atoms with van der Waals surface area (Å²) < 4.78 is 0. The van der Waals surface area contributed by atoms with Crippen LogP contribution in [-0.2, 0) is 0 Å². The summed E-state index contributed by atoms with van der Waals surface area (Å²) >= 11 is 0. The van der Waals surface area contributed by atoms with E-state index >= 15 is 0 Å². The van der Waals surface area contributed by atoms with Crippen LogP contribution in [0.5, 0.6) is 0 Å². The molecule has 1 amide bonds. The van der Waals surface area contributed by atoms with Gasteiger partial charge >= 0.3 is 0 Å². The normalized spacial score (nSPS) is 10.3. The summed E-state index contributed by atoms with van der Waals surface area (Å²) in [5.74, 6) is -0.153. The van der Waals surface area contributed by atoms with Crippen molar-refractivity contribution in [1.29, 1.82) is 0 Å². The van der Waals surface area contributed by atoms with Crippen LogP contribution in [-0.4, -0.2) is 26.8 Å². The summed E-state index contributed by atoms with van der Waals surface area (Å²) in [5, 5.41) is 3.79. The quantitative estimate of drug-likeness (QED) is 0.629. The molecule has 138 valence electrons. The van der Waals surface area contributed by atoms with Crippen LogP contribution >= 0.6 is 24.8 Å². The maximum Gasteiger partial charge on any atom is 0.255 e. The maximum atomic E-state index is 12.3. The summed E-state index contributed by atoms with van der Waals surface area (Å²) in [6.07, 6.45) is 3.46. The molecule has 3 aromatic rings. The zero-order valence-corrected chi connectivity index (χ0v) is 15.1. The number of aromatic amines is 1. The lowest BCUT2D eigenvalue weighted by atomic mass is 10.1. The number of nitrogens with two attached hydrogens (primary N) is 1. The molecule has 7 nitrogen and oxygen atoms in total. The Bertz CT molecular complexity index is 791. The number of rotatable bonds is 3. The van der Waals surface area contributed by atoms with Crippen LogP contribution in [0.2, 0.25) is 0 Å². The van der Waals surface area contributed by atoms with E-state index in [0.29, 0.717) is 5.56 Å². The van der Waals surface area contributed by atoms with E-state index in [9.17, 15) is 4.79 Å². The topological polar surface area (TPSA) is 147 Å². The van der Waals surface area contributed by atoms with Gasteiger partial charge in [-0.15, -0.1) is 24.8 Å². The SMILES string of the molecule is C[C@@H](N)c1ccc(C(=O)Nc2ccnc3[nH]ccc23)cc1.Cl.Cl.O.O. The van der Waals surface area contributed by atoms with Crippen LogP contribution in [0.25, 0.3) is 11.0 Å². The number of nitrogens with zero attached hydrogens (tertiary/aromatic N) is 1. The highest BCUT2D eigenvalue weighted by molar-refractivity contribution is 6.08. The second kappa shape index (κ2) is 10.7. The van der Waals surface area contributed by atoms with Gasteiger partial charge in [0.25, 0.3) is 5.91 Å². The fourth-order valence-electron chi connectivity index (χ4n) is 2.20. The van der Waals surface area contributed by atoms with Gasteiger partial charge < -0.3 is 27.0 Å². The van der Waals surface area contributed by atoms with Crippen molar-refractivity contribution in [1.82, 2.24) is 9.97 Å². The van der Waals surface area contributed by atoms with Crippen LogP contribution in [0.4, 0.5) is 5.69 Å². The molecule has 0 aliphatic rings. The second-order valence-electron chi connectivity index (χ2n) is 4.96. The Morgan fingerprint density at radius 2 is 1.76 bits per heavy atom. The third kappa shape index (κ3) is 5.42. The molecule has 0 aliphatic heterocycles. The van der Waals surface area contributed by atoms with Gasteiger partial charge in [0.2, 0.25) is 0 Å². The third-order valence-electron chi connectivity index (χ3n) is 3.41. The number of benzene rings is 1. The highest BCUT2D eigenvalue weighted by Gasteiger charge is 2.09. The predicted octanol–water partition coefficient (Wildman–Crippen LogP) is 2.03. The Labute approximate surface area is 157 Å². The Kier molecular flexibility index (Phi) is 10.7. The predicted molar refractivity (Wildman–Crippen MR) is 105 cm³/mol. The highest BCUT2D eigenvalue weighted by Crippen LogP contribution is 2.21. The minimum Gasteiger partial charge on any atom is -0.412 e. The van der Waals surface area contributed by atoms with Crippen LogP contribution in [0.15, 0.2) is 48.8 Å². The standard InChI is InChI=1S/C16H16N4O.2ClH.2H2O/c1-10(17)11-2-4-12(5-3-11)16(21)20-14-7-9-19-15-13(14)6-8-18-15;;;;/h2-10H,17H2,1H3,(H2,18,19,20,21);2*1H;2*1H2/t10-;;;;/m1..../s1. The van der Waals surface area contributed by atoms with Gasteiger partial charge in [0.05, 0.1) is 5.69 Å². The number of anilines is 1. The minimum atomic E-state index is -0.153. The molecule has 0 saturated carbocycles. The molecular formula is C16H22Cl2N4O3. The Morgan fingerprint density at radius 3 is 2.36 bits per heavy atom. The first kappa shape index (κ1) is 25.1. The first-order chi connectivity index (χ1) is 10.1. The van der Waals surface area contributed by atoms with Crippen molar-refractivity contribution in [2.45, 2.75) is 13.0 Å². The van der Waals surface area contributed by atoms with E-state index < -0.39 is 0 Å². The first-order valence-corrected chi connectivity index (χ1v) is 6.74. The number of H-pyrrole nitrogens is 1. The van der Waals surface area contributed by atoms with Crippen LogP contribution < -0.4 is 11.1 Å². The molecule has 8 N–H and O–H groups in total. The van der Waals surface area contributed by atoms with Crippen molar-refractivity contribution >= 4 is 47.4 Å². The summed E-state index contributed by atoms with van der Waals surface area (Å²) in [6, 6.07) is 10.9. The average molecular weight is 389 g/mol. The molecule has 0 spiro atoms. The van der Waals surface area contributed by atoms with Gasteiger partial charge in [-0.1, -0.05) is 12.1 Å². The number of hydrogen-bond acceptors (Lipinski definition) is 3. The van der Waals surface area contributed by atoms with E-state index in [-0.39, 0.29) is 47.7 Å². The zero-order chi connectivity index (χ0) is 14.8. The molecule has 25 heavy (non-hydrogen) atoms. The lowest BCUT2D eigenvalue weighted by molar-refractivity contribution is 0.102. The number of amides is 1. The molecule has 3 rings (SSSR count). The smallest absolute Gasteiger partial charge is 0.255 e. The van der Waals surface area contributed by atoms with Gasteiger partial charge in [-0.25, -0.2) is 4.98 Å². The molecule has 1 atom stereocenters. The fraction of sp³-hybridized carbons (Fsp3) is 0.125. The average Bonchev–Trinajstić information content (AvgIpc) is 2.97. The number of nitrogens with one attached hydrogen (secondary N) is 2. The first-order valence-electron chi connectivity index (χ1n) is 6.74. The number of fused-ring (bicyclic) bond motifs is 1. The van der Waals surface area contributed by atoms with Gasteiger partial charge in [-0.2, -0.15) is 0 Å². The molecule has 2 heterocycles. The minimum absolute atomic E-state index is 0. The van der Waals surface area contributed by atoms with Crippen molar-refractivity contribution in [3.63, 3.8) is 0 Å². The number of carbonyl (C=O) groups excluding carboxylic acids is 1.